The first-order valence-electron chi connectivity index (χ1n) is 4.04. The number of aliphatic hydroxyl groups is 1. The Bertz CT molecular complexity index is 168. The Morgan fingerprint density at radius 3 is 2.58 bits per heavy atom. The lowest BCUT2D eigenvalue weighted by Crippen LogP contribution is -2.25. The molecule has 1 rings (SSSR count). The number of hydrogen-bond acceptors (Lipinski definition) is 3. The summed E-state index contributed by atoms with van der Waals surface area (Å²) < 4.78 is 5.39. The van der Waals surface area contributed by atoms with E-state index >= 15 is 0 Å². The molecule has 5 heteroatoms. The molecule has 0 aliphatic carbocycles. The average molecular weight is 173 g/mol. The fourth-order valence-electron chi connectivity index (χ4n) is 1.26. The van der Waals surface area contributed by atoms with Crippen LogP contribution in [0.25, 0.3) is 0 Å². The molecule has 0 aromatic heterocycles. The maximum atomic E-state index is 8.75. The molecule has 1 heterocycles. The smallest absolute Gasteiger partial charge is 0.185 e. The van der Waals surface area contributed by atoms with E-state index in [1.165, 1.54) is 0 Å². The molecule has 5 N–H and O–H groups in total. The third-order valence-electron chi connectivity index (χ3n) is 1.88. The van der Waals surface area contributed by atoms with E-state index in [0.717, 1.165) is 12.8 Å². The molecule has 70 valence electrons. The van der Waals surface area contributed by atoms with Crippen LogP contribution >= 0.6 is 0 Å². The van der Waals surface area contributed by atoms with Gasteiger partial charge in [0.1, 0.15) is 0 Å². The Balaban J connectivity index is 2.23. The van der Waals surface area contributed by atoms with Gasteiger partial charge in [-0.2, -0.15) is 0 Å². The maximum absolute atomic E-state index is 8.75. The zero-order valence-corrected chi connectivity index (χ0v) is 6.94. The van der Waals surface area contributed by atoms with Crippen LogP contribution in [-0.4, -0.2) is 36.4 Å². The predicted molar refractivity (Wildman–Crippen MR) is 45.7 cm³/mol. The van der Waals surface area contributed by atoms with Gasteiger partial charge in [-0.3, -0.25) is 4.99 Å². The van der Waals surface area contributed by atoms with E-state index < -0.39 is 0 Å². The van der Waals surface area contributed by atoms with Crippen LogP contribution < -0.4 is 11.5 Å². The van der Waals surface area contributed by atoms with Crippen molar-refractivity contribution in [3.05, 3.63) is 0 Å². The fraction of sp³-hybridized carbons (Fsp3) is 0.857. The highest BCUT2D eigenvalue weighted by Gasteiger charge is 2.23. The average Bonchev–Trinajstić information content (AvgIpc) is 2.48. The molecular formula is C7H15N3O2. The summed E-state index contributed by atoms with van der Waals surface area (Å²) in [5, 5.41) is 8.75. The van der Waals surface area contributed by atoms with E-state index in [1.54, 1.807) is 0 Å². The summed E-state index contributed by atoms with van der Waals surface area (Å²) in [6.45, 7) is 0.581. The second-order valence-electron chi connectivity index (χ2n) is 2.91. The van der Waals surface area contributed by atoms with E-state index in [-0.39, 0.29) is 24.8 Å². The van der Waals surface area contributed by atoms with Crippen molar-refractivity contribution in [1.82, 2.24) is 0 Å². The van der Waals surface area contributed by atoms with Crippen LogP contribution in [0.3, 0.4) is 0 Å². The highest BCUT2D eigenvalue weighted by molar-refractivity contribution is 5.75. The van der Waals surface area contributed by atoms with Gasteiger partial charge in [-0.15, -0.1) is 0 Å². The maximum Gasteiger partial charge on any atom is 0.185 e. The van der Waals surface area contributed by atoms with E-state index in [2.05, 4.69) is 4.99 Å². The highest BCUT2D eigenvalue weighted by atomic mass is 16.5. The largest absolute Gasteiger partial charge is 0.394 e. The first kappa shape index (κ1) is 9.28. The SMILES string of the molecule is NC(N)=NC[C@H]1CC[C@@H](CO)O1. The minimum atomic E-state index is -0.0239. The van der Waals surface area contributed by atoms with Crippen molar-refractivity contribution in [3.63, 3.8) is 0 Å². The summed E-state index contributed by atoms with van der Waals surface area (Å²) >= 11 is 0. The lowest BCUT2D eigenvalue weighted by atomic mass is 10.2. The Labute approximate surface area is 71.4 Å². The molecule has 0 aromatic carbocycles. The fourth-order valence-corrected chi connectivity index (χ4v) is 1.26. The molecule has 2 atom stereocenters. The Hall–Kier alpha value is -0.810. The lowest BCUT2D eigenvalue weighted by molar-refractivity contribution is 0.0160. The van der Waals surface area contributed by atoms with Crippen LogP contribution in [0.1, 0.15) is 12.8 Å². The van der Waals surface area contributed by atoms with Gasteiger partial charge in [0.15, 0.2) is 5.96 Å². The second kappa shape index (κ2) is 4.27. The number of hydrogen-bond donors (Lipinski definition) is 3. The lowest BCUT2D eigenvalue weighted by Gasteiger charge is -2.08. The first-order chi connectivity index (χ1) is 5.72. The zero-order valence-electron chi connectivity index (χ0n) is 6.94. The van der Waals surface area contributed by atoms with Crippen LogP contribution in [0, 0.1) is 0 Å². The Morgan fingerprint density at radius 2 is 2.08 bits per heavy atom. The molecule has 1 fully saturated rings. The van der Waals surface area contributed by atoms with Crippen molar-refractivity contribution in [3.8, 4) is 0 Å². The normalized spacial score (nSPS) is 28.8. The van der Waals surface area contributed by atoms with Crippen molar-refractivity contribution in [2.24, 2.45) is 16.5 Å². The number of aliphatic hydroxyl groups excluding tert-OH is 1. The van der Waals surface area contributed by atoms with Crippen LogP contribution in [0.5, 0.6) is 0 Å². The highest BCUT2D eigenvalue weighted by Crippen LogP contribution is 2.18. The summed E-state index contributed by atoms with van der Waals surface area (Å²) in [7, 11) is 0. The van der Waals surface area contributed by atoms with E-state index in [1.807, 2.05) is 0 Å². The Kier molecular flexibility index (Phi) is 3.31. The molecule has 5 nitrogen and oxygen atoms in total. The minimum Gasteiger partial charge on any atom is -0.394 e. The number of nitrogens with two attached hydrogens (primary N) is 2. The number of guanidine groups is 1. The van der Waals surface area contributed by atoms with Crippen molar-refractivity contribution < 1.29 is 9.84 Å². The van der Waals surface area contributed by atoms with Gasteiger partial charge in [0, 0.05) is 0 Å². The van der Waals surface area contributed by atoms with Crippen molar-refractivity contribution >= 4 is 5.96 Å². The Morgan fingerprint density at radius 1 is 1.42 bits per heavy atom. The van der Waals surface area contributed by atoms with Crippen molar-refractivity contribution in [2.75, 3.05) is 13.2 Å². The van der Waals surface area contributed by atoms with Crippen LogP contribution in [0.15, 0.2) is 4.99 Å². The molecular weight excluding hydrogens is 158 g/mol. The molecule has 0 bridgehead atoms. The summed E-state index contributed by atoms with van der Waals surface area (Å²) in [4.78, 5) is 3.84. The van der Waals surface area contributed by atoms with Gasteiger partial charge in [0.2, 0.25) is 0 Å². The number of ether oxygens (including phenoxy) is 1. The molecule has 1 saturated heterocycles. The number of aliphatic imine (C=N–C) groups is 1. The summed E-state index contributed by atoms with van der Waals surface area (Å²) in [6.07, 6.45) is 1.86. The standard InChI is InChI=1S/C7H15N3O2/c8-7(9)10-3-5-1-2-6(4-11)12-5/h5-6,11H,1-4H2,(H4,8,9,10)/t5-,6+/m1/s1. The predicted octanol–water partition coefficient (Wildman–Crippen LogP) is -1.20. The molecule has 0 aromatic rings. The van der Waals surface area contributed by atoms with Crippen LogP contribution in [0.2, 0.25) is 0 Å². The third-order valence-corrected chi connectivity index (χ3v) is 1.88. The van der Waals surface area contributed by atoms with Gasteiger partial charge in [-0.05, 0) is 12.8 Å². The number of rotatable bonds is 3. The molecule has 0 amide bonds. The van der Waals surface area contributed by atoms with E-state index in [0.29, 0.717) is 6.54 Å². The molecule has 0 saturated carbocycles. The van der Waals surface area contributed by atoms with Gasteiger partial charge in [-0.25, -0.2) is 0 Å². The van der Waals surface area contributed by atoms with E-state index in [4.69, 9.17) is 21.3 Å². The van der Waals surface area contributed by atoms with E-state index in [9.17, 15) is 0 Å². The molecule has 1 aliphatic heterocycles. The number of nitrogens with zero attached hydrogens (tertiary/aromatic N) is 1. The summed E-state index contributed by atoms with van der Waals surface area (Å²) in [5.41, 5.74) is 10.3. The summed E-state index contributed by atoms with van der Waals surface area (Å²) in [5.74, 6) is 0.0889. The van der Waals surface area contributed by atoms with Crippen molar-refractivity contribution in [2.45, 2.75) is 25.0 Å². The van der Waals surface area contributed by atoms with Gasteiger partial charge in [0.25, 0.3) is 0 Å². The quantitative estimate of drug-likeness (QED) is 0.369. The zero-order chi connectivity index (χ0) is 8.97. The van der Waals surface area contributed by atoms with Crippen LogP contribution in [-0.2, 0) is 4.74 Å². The van der Waals surface area contributed by atoms with Gasteiger partial charge >= 0.3 is 0 Å². The second-order valence-corrected chi connectivity index (χ2v) is 2.91. The first-order valence-corrected chi connectivity index (χ1v) is 4.04. The van der Waals surface area contributed by atoms with Gasteiger partial charge in [-0.1, -0.05) is 0 Å². The minimum absolute atomic E-state index is 0.0239. The molecule has 1 aliphatic rings. The third kappa shape index (κ3) is 2.67. The molecule has 12 heavy (non-hydrogen) atoms. The molecule has 0 unspecified atom stereocenters. The summed E-state index contributed by atoms with van der Waals surface area (Å²) in [6, 6.07) is 0. The molecule has 0 radical (unpaired) electrons. The van der Waals surface area contributed by atoms with Crippen molar-refractivity contribution in [1.29, 1.82) is 0 Å². The topological polar surface area (TPSA) is 93.9 Å². The van der Waals surface area contributed by atoms with Crippen LogP contribution in [0.4, 0.5) is 0 Å². The monoisotopic (exact) mass is 173 g/mol. The van der Waals surface area contributed by atoms with Gasteiger partial charge in [0.05, 0.1) is 25.4 Å². The molecule has 0 spiro atoms. The van der Waals surface area contributed by atoms with Gasteiger partial charge < -0.3 is 21.3 Å².